The zero-order valence-electron chi connectivity index (χ0n) is 15.3. The number of benzene rings is 2. The van der Waals surface area contributed by atoms with Crippen LogP contribution in [0.4, 0.5) is 0 Å². The third-order valence-corrected chi connectivity index (χ3v) is 5.08. The van der Waals surface area contributed by atoms with Gasteiger partial charge < -0.3 is 4.57 Å². The van der Waals surface area contributed by atoms with Gasteiger partial charge in [0, 0.05) is 58.1 Å². The maximum atomic E-state index is 4.61. The highest BCUT2D eigenvalue weighted by Gasteiger charge is 2.14. The molecule has 132 valence electrons. The van der Waals surface area contributed by atoms with Gasteiger partial charge in [-0.25, -0.2) is 15.0 Å². The minimum Gasteiger partial charge on any atom is -0.341 e. The number of hydrogen-bond acceptors (Lipinski definition) is 3. The lowest BCUT2D eigenvalue weighted by molar-refractivity contribution is 0.827. The Hall–Kier alpha value is -3.47. The number of fused-ring (bicyclic) bond motifs is 3. The molecule has 3 heterocycles. The van der Waals surface area contributed by atoms with E-state index in [1.54, 1.807) is 6.33 Å². The lowest BCUT2D eigenvalue weighted by Crippen LogP contribution is -2.02. The summed E-state index contributed by atoms with van der Waals surface area (Å²) in [6.45, 7) is 5.14. The third kappa shape index (κ3) is 2.35. The van der Waals surface area contributed by atoms with Gasteiger partial charge in [0.05, 0.1) is 0 Å². The van der Waals surface area contributed by atoms with Crippen LogP contribution in [0.15, 0.2) is 67.4 Å². The first-order valence-electron chi connectivity index (χ1n) is 9.09. The molecule has 0 aliphatic heterocycles. The Morgan fingerprint density at radius 3 is 2.67 bits per heavy atom. The van der Waals surface area contributed by atoms with Crippen molar-refractivity contribution in [3.63, 3.8) is 0 Å². The molecule has 0 saturated heterocycles. The van der Waals surface area contributed by atoms with Gasteiger partial charge in [0.1, 0.15) is 18.0 Å². The van der Waals surface area contributed by atoms with Crippen molar-refractivity contribution in [2.45, 2.75) is 20.4 Å². The zero-order valence-corrected chi connectivity index (χ0v) is 15.3. The molecule has 0 aliphatic rings. The Morgan fingerprint density at radius 2 is 1.81 bits per heavy atom. The number of nitrogens with zero attached hydrogens (tertiary/aromatic N) is 5. The van der Waals surface area contributed by atoms with Crippen LogP contribution >= 0.6 is 0 Å². The van der Waals surface area contributed by atoms with E-state index >= 15 is 0 Å². The Morgan fingerprint density at radius 1 is 0.963 bits per heavy atom. The van der Waals surface area contributed by atoms with Crippen molar-refractivity contribution in [2.75, 3.05) is 0 Å². The molecular formula is C22H19N5. The van der Waals surface area contributed by atoms with Crippen LogP contribution in [0.1, 0.15) is 12.5 Å². The van der Waals surface area contributed by atoms with E-state index in [1.807, 2.05) is 30.1 Å². The smallest absolute Gasteiger partial charge is 0.145 e. The van der Waals surface area contributed by atoms with Gasteiger partial charge in [-0.2, -0.15) is 0 Å². The number of imidazole rings is 1. The van der Waals surface area contributed by atoms with Crippen molar-refractivity contribution in [3.8, 4) is 17.2 Å². The fourth-order valence-electron chi connectivity index (χ4n) is 3.87. The molecule has 0 radical (unpaired) electrons. The van der Waals surface area contributed by atoms with Gasteiger partial charge in [-0.15, -0.1) is 0 Å². The molecule has 0 bridgehead atoms. The van der Waals surface area contributed by atoms with Crippen LogP contribution in [0.2, 0.25) is 0 Å². The van der Waals surface area contributed by atoms with E-state index in [0.29, 0.717) is 0 Å². The summed E-state index contributed by atoms with van der Waals surface area (Å²) in [5, 5.41) is 2.52. The molecule has 3 aromatic heterocycles. The van der Waals surface area contributed by atoms with Crippen molar-refractivity contribution in [1.29, 1.82) is 0 Å². The summed E-state index contributed by atoms with van der Waals surface area (Å²) in [7, 11) is 0. The second kappa shape index (κ2) is 6.06. The van der Waals surface area contributed by atoms with Gasteiger partial charge in [-0.3, -0.25) is 4.57 Å². The van der Waals surface area contributed by atoms with Crippen molar-refractivity contribution in [2.24, 2.45) is 0 Å². The Kier molecular flexibility index (Phi) is 3.53. The predicted molar refractivity (Wildman–Crippen MR) is 108 cm³/mol. The Labute approximate surface area is 157 Å². The highest BCUT2D eigenvalue weighted by atomic mass is 15.1. The molecule has 0 fully saturated rings. The first-order chi connectivity index (χ1) is 13.3. The quantitative estimate of drug-likeness (QED) is 0.470. The first-order valence-corrected chi connectivity index (χ1v) is 9.09. The van der Waals surface area contributed by atoms with Gasteiger partial charge in [0.2, 0.25) is 0 Å². The number of rotatable bonds is 3. The highest BCUT2D eigenvalue weighted by Crippen LogP contribution is 2.32. The summed E-state index contributed by atoms with van der Waals surface area (Å²) in [4.78, 5) is 13.2. The molecule has 5 heteroatoms. The standard InChI is InChI=1S/C22H19N5/c1-3-26-19-7-5-4-6-17(19)18-12-16(8-9-20(18)26)22-24-10-11-27(22)21-15(2)13-23-14-25-21/h4-14H,3H2,1-2H3. The predicted octanol–water partition coefficient (Wildman–Crippen LogP) is 4.77. The van der Waals surface area contributed by atoms with E-state index in [-0.39, 0.29) is 0 Å². The molecule has 5 nitrogen and oxygen atoms in total. The molecule has 5 aromatic rings. The van der Waals surface area contributed by atoms with E-state index in [9.17, 15) is 0 Å². The summed E-state index contributed by atoms with van der Waals surface area (Å²) in [5.74, 6) is 1.74. The second-order valence-corrected chi connectivity index (χ2v) is 6.64. The lowest BCUT2D eigenvalue weighted by atomic mass is 10.1. The first kappa shape index (κ1) is 15.8. The summed E-state index contributed by atoms with van der Waals surface area (Å²) in [6, 6.07) is 15.1. The molecule has 0 saturated carbocycles. The van der Waals surface area contributed by atoms with E-state index in [2.05, 4.69) is 68.9 Å². The van der Waals surface area contributed by atoms with E-state index in [1.165, 1.54) is 21.8 Å². The van der Waals surface area contributed by atoms with Gasteiger partial charge >= 0.3 is 0 Å². The van der Waals surface area contributed by atoms with Gasteiger partial charge in [-0.1, -0.05) is 18.2 Å². The summed E-state index contributed by atoms with van der Waals surface area (Å²) in [5.41, 5.74) is 4.60. The molecule has 5 rings (SSSR count). The van der Waals surface area contributed by atoms with Gasteiger partial charge in [0.25, 0.3) is 0 Å². The molecule has 0 unspecified atom stereocenters. The normalized spacial score (nSPS) is 11.5. The topological polar surface area (TPSA) is 48.5 Å². The van der Waals surface area contributed by atoms with Crippen LogP contribution < -0.4 is 0 Å². The van der Waals surface area contributed by atoms with Crippen molar-refractivity contribution in [3.05, 3.63) is 72.9 Å². The van der Waals surface area contributed by atoms with Crippen molar-refractivity contribution < 1.29 is 0 Å². The van der Waals surface area contributed by atoms with Crippen LogP contribution in [-0.2, 0) is 6.54 Å². The number of hydrogen-bond donors (Lipinski definition) is 0. The van der Waals surface area contributed by atoms with Gasteiger partial charge in [0.15, 0.2) is 0 Å². The Balaban J connectivity index is 1.76. The third-order valence-electron chi connectivity index (χ3n) is 5.08. The molecular weight excluding hydrogens is 334 g/mol. The maximum absolute atomic E-state index is 4.61. The molecule has 27 heavy (non-hydrogen) atoms. The fraction of sp³-hybridized carbons (Fsp3) is 0.136. The van der Waals surface area contributed by atoms with Crippen LogP contribution in [0.3, 0.4) is 0 Å². The summed E-state index contributed by atoms with van der Waals surface area (Å²) in [6.07, 6.45) is 7.16. The monoisotopic (exact) mass is 353 g/mol. The van der Waals surface area contributed by atoms with Crippen molar-refractivity contribution >= 4 is 21.8 Å². The second-order valence-electron chi connectivity index (χ2n) is 6.64. The maximum Gasteiger partial charge on any atom is 0.145 e. The number of aromatic nitrogens is 5. The molecule has 0 aliphatic carbocycles. The molecule has 0 atom stereocenters. The minimum absolute atomic E-state index is 0.855. The van der Waals surface area contributed by atoms with Crippen LogP contribution in [-0.4, -0.2) is 24.1 Å². The average Bonchev–Trinajstić information content (AvgIpc) is 3.30. The highest BCUT2D eigenvalue weighted by molar-refractivity contribution is 6.09. The molecule has 0 amide bonds. The van der Waals surface area contributed by atoms with E-state index < -0.39 is 0 Å². The zero-order chi connectivity index (χ0) is 18.4. The number of para-hydroxylation sites is 1. The fourth-order valence-corrected chi connectivity index (χ4v) is 3.87. The van der Waals surface area contributed by atoms with E-state index in [4.69, 9.17) is 0 Å². The van der Waals surface area contributed by atoms with Crippen LogP contribution in [0.5, 0.6) is 0 Å². The minimum atomic E-state index is 0.855. The van der Waals surface area contributed by atoms with Gasteiger partial charge in [-0.05, 0) is 38.1 Å². The summed E-state index contributed by atoms with van der Waals surface area (Å²) >= 11 is 0. The summed E-state index contributed by atoms with van der Waals surface area (Å²) < 4.78 is 4.38. The largest absolute Gasteiger partial charge is 0.341 e. The molecule has 0 spiro atoms. The van der Waals surface area contributed by atoms with Crippen molar-refractivity contribution in [1.82, 2.24) is 24.1 Å². The lowest BCUT2D eigenvalue weighted by Gasteiger charge is -2.09. The van der Waals surface area contributed by atoms with Crippen LogP contribution in [0, 0.1) is 6.92 Å². The number of aryl methyl sites for hydroxylation is 2. The SMILES string of the molecule is CCn1c2ccccc2c2cc(-c3nccn3-c3ncncc3C)ccc21. The van der Waals surface area contributed by atoms with E-state index in [0.717, 1.165) is 29.3 Å². The Bertz CT molecular complexity index is 1280. The molecule has 0 N–H and O–H groups in total. The molecule has 2 aromatic carbocycles. The van der Waals surface area contributed by atoms with Crippen LogP contribution in [0.25, 0.3) is 39.0 Å². The average molecular weight is 353 g/mol.